The van der Waals surface area contributed by atoms with Gasteiger partial charge in [-0.1, -0.05) is 0 Å². The molecule has 1 aromatic rings. The Kier molecular flexibility index (Phi) is 5.75. The van der Waals surface area contributed by atoms with Crippen molar-refractivity contribution in [2.45, 2.75) is 32.2 Å². The van der Waals surface area contributed by atoms with Crippen LogP contribution in [0.2, 0.25) is 0 Å². The molecule has 4 N–H and O–H groups in total. The van der Waals surface area contributed by atoms with Crippen LogP contribution in [0.5, 0.6) is 0 Å². The molecule has 1 fully saturated rings. The number of rotatable bonds is 5. The zero-order valence-corrected chi connectivity index (χ0v) is 13.1. The molecule has 116 valence electrons. The van der Waals surface area contributed by atoms with E-state index in [1.807, 2.05) is 6.92 Å². The van der Waals surface area contributed by atoms with Crippen LogP contribution in [0.25, 0.3) is 0 Å². The average Bonchev–Trinajstić information content (AvgIpc) is 3.23. The second kappa shape index (κ2) is 6.91. The van der Waals surface area contributed by atoms with E-state index in [1.165, 1.54) is 6.92 Å². The van der Waals surface area contributed by atoms with Crippen LogP contribution in [0.3, 0.4) is 0 Å². The van der Waals surface area contributed by atoms with E-state index in [9.17, 15) is 9.59 Å². The first-order chi connectivity index (χ1) is 9.44. The van der Waals surface area contributed by atoms with Crippen LogP contribution in [-0.4, -0.2) is 23.9 Å². The second-order valence-electron chi connectivity index (χ2n) is 5.61. The van der Waals surface area contributed by atoms with Crippen molar-refractivity contribution in [1.29, 1.82) is 0 Å². The van der Waals surface area contributed by atoms with Gasteiger partial charge in [0, 0.05) is 24.7 Å². The molecule has 0 radical (unpaired) electrons. The summed E-state index contributed by atoms with van der Waals surface area (Å²) in [5.74, 6) is 0.223. The molecule has 2 rings (SSSR count). The molecule has 1 aliphatic carbocycles. The molecule has 5 nitrogen and oxygen atoms in total. The summed E-state index contributed by atoms with van der Waals surface area (Å²) in [5, 5.41) is 5.70. The zero-order chi connectivity index (χ0) is 14.8. The largest absolute Gasteiger partial charge is 0.345 e. The number of nitrogens with one attached hydrogen (secondary N) is 2. The quantitative estimate of drug-likeness (QED) is 0.777. The summed E-state index contributed by atoms with van der Waals surface area (Å²) in [6.07, 6.45) is 2.24. The van der Waals surface area contributed by atoms with Crippen LogP contribution < -0.4 is 16.4 Å². The van der Waals surface area contributed by atoms with Gasteiger partial charge in [-0.15, -0.1) is 12.4 Å². The Morgan fingerprint density at radius 3 is 2.29 bits per heavy atom. The Bertz CT molecular complexity index is 514. The molecule has 0 bridgehead atoms. The van der Waals surface area contributed by atoms with E-state index in [0.717, 1.165) is 12.8 Å². The number of anilines is 1. The molecule has 0 aliphatic heterocycles. The lowest BCUT2D eigenvalue weighted by Gasteiger charge is -2.29. The number of carbonyl (C=O) groups excluding carboxylic acids is 2. The minimum Gasteiger partial charge on any atom is -0.345 e. The highest BCUT2D eigenvalue weighted by Crippen LogP contribution is 2.39. The van der Waals surface area contributed by atoms with Crippen LogP contribution in [0.1, 0.15) is 37.0 Å². The fraction of sp³-hybridized carbons (Fsp3) is 0.467. The number of halogens is 1. The van der Waals surface area contributed by atoms with Crippen molar-refractivity contribution in [3.63, 3.8) is 0 Å². The average molecular weight is 312 g/mol. The standard InChI is InChI=1S/C15H21N3O2.ClH/c1-10(19)17-13-7-3-11(4-8-13)14(20)18-15(2,9-16)12-5-6-12;/h3-4,7-8,12H,5-6,9,16H2,1-2H3,(H,17,19)(H,18,20);1H. The molecular weight excluding hydrogens is 290 g/mol. The van der Waals surface area contributed by atoms with E-state index in [-0.39, 0.29) is 29.8 Å². The molecule has 0 spiro atoms. The zero-order valence-electron chi connectivity index (χ0n) is 12.3. The van der Waals surface area contributed by atoms with Crippen molar-refractivity contribution < 1.29 is 9.59 Å². The summed E-state index contributed by atoms with van der Waals surface area (Å²) in [5.41, 5.74) is 6.71. The highest BCUT2D eigenvalue weighted by molar-refractivity contribution is 5.96. The minimum absolute atomic E-state index is 0. The third kappa shape index (κ3) is 4.44. The molecule has 1 saturated carbocycles. The van der Waals surface area contributed by atoms with Crippen molar-refractivity contribution in [2.75, 3.05) is 11.9 Å². The highest BCUT2D eigenvalue weighted by Gasteiger charge is 2.41. The van der Waals surface area contributed by atoms with Gasteiger partial charge < -0.3 is 16.4 Å². The maximum atomic E-state index is 12.2. The molecule has 6 heteroatoms. The Balaban J connectivity index is 0.00000220. The Morgan fingerprint density at radius 2 is 1.86 bits per heavy atom. The SMILES string of the molecule is CC(=O)Nc1ccc(C(=O)NC(C)(CN)C2CC2)cc1.Cl. The van der Waals surface area contributed by atoms with Crippen molar-refractivity contribution >= 4 is 29.9 Å². The molecular formula is C15H22ClN3O2. The van der Waals surface area contributed by atoms with E-state index in [1.54, 1.807) is 24.3 Å². The topological polar surface area (TPSA) is 84.2 Å². The van der Waals surface area contributed by atoms with Crippen LogP contribution in [0.15, 0.2) is 24.3 Å². The number of benzene rings is 1. The summed E-state index contributed by atoms with van der Waals surface area (Å²) in [6.45, 7) is 3.88. The van der Waals surface area contributed by atoms with Crippen molar-refractivity contribution in [3.05, 3.63) is 29.8 Å². The summed E-state index contributed by atoms with van der Waals surface area (Å²) in [6, 6.07) is 6.83. The molecule has 0 heterocycles. The Hall–Kier alpha value is -1.59. The van der Waals surface area contributed by atoms with Gasteiger partial charge in [-0.05, 0) is 49.9 Å². The molecule has 1 aromatic carbocycles. The smallest absolute Gasteiger partial charge is 0.251 e. The van der Waals surface area contributed by atoms with E-state index >= 15 is 0 Å². The lowest BCUT2D eigenvalue weighted by molar-refractivity contribution is -0.114. The minimum atomic E-state index is -0.326. The maximum absolute atomic E-state index is 12.2. The van der Waals surface area contributed by atoms with Crippen molar-refractivity contribution in [3.8, 4) is 0 Å². The molecule has 21 heavy (non-hydrogen) atoms. The predicted molar refractivity (Wildman–Crippen MR) is 85.6 cm³/mol. The third-order valence-corrected chi connectivity index (χ3v) is 3.77. The van der Waals surface area contributed by atoms with Gasteiger partial charge in [-0.25, -0.2) is 0 Å². The molecule has 2 amide bonds. The highest BCUT2D eigenvalue weighted by atomic mass is 35.5. The van der Waals surface area contributed by atoms with Crippen molar-refractivity contribution in [2.24, 2.45) is 11.7 Å². The van der Waals surface area contributed by atoms with E-state index in [2.05, 4.69) is 10.6 Å². The first-order valence-electron chi connectivity index (χ1n) is 6.85. The number of nitrogens with two attached hydrogens (primary N) is 1. The Morgan fingerprint density at radius 1 is 1.29 bits per heavy atom. The van der Waals surface area contributed by atoms with Crippen LogP contribution >= 0.6 is 12.4 Å². The lowest BCUT2D eigenvalue weighted by Crippen LogP contribution is -2.53. The fourth-order valence-corrected chi connectivity index (χ4v) is 2.28. The first-order valence-corrected chi connectivity index (χ1v) is 6.85. The van der Waals surface area contributed by atoms with Gasteiger partial charge in [0.25, 0.3) is 5.91 Å². The van der Waals surface area contributed by atoms with Gasteiger partial charge >= 0.3 is 0 Å². The van der Waals surface area contributed by atoms with Gasteiger partial charge in [0.05, 0.1) is 5.54 Å². The second-order valence-corrected chi connectivity index (χ2v) is 5.61. The lowest BCUT2D eigenvalue weighted by atomic mass is 9.95. The van der Waals surface area contributed by atoms with Crippen LogP contribution in [-0.2, 0) is 4.79 Å². The van der Waals surface area contributed by atoms with Gasteiger partial charge in [0.2, 0.25) is 5.91 Å². The number of hydrogen-bond acceptors (Lipinski definition) is 3. The summed E-state index contributed by atoms with van der Waals surface area (Å²) >= 11 is 0. The Labute approximate surface area is 131 Å². The summed E-state index contributed by atoms with van der Waals surface area (Å²) in [7, 11) is 0. The maximum Gasteiger partial charge on any atom is 0.251 e. The van der Waals surface area contributed by atoms with Crippen LogP contribution in [0, 0.1) is 5.92 Å². The van der Waals surface area contributed by atoms with E-state index in [0.29, 0.717) is 23.7 Å². The summed E-state index contributed by atoms with van der Waals surface area (Å²) in [4.78, 5) is 23.2. The number of carbonyl (C=O) groups is 2. The van der Waals surface area contributed by atoms with Gasteiger partial charge in [-0.2, -0.15) is 0 Å². The normalized spacial score (nSPS) is 16.3. The third-order valence-electron chi connectivity index (χ3n) is 3.77. The first kappa shape index (κ1) is 17.5. The van der Waals surface area contributed by atoms with Crippen molar-refractivity contribution in [1.82, 2.24) is 5.32 Å². The molecule has 1 atom stereocenters. The number of amides is 2. The molecule has 1 unspecified atom stereocenters. The molecule has 0 aromatic heterocycles. The van der Waals surface area contributed by atoms with Gasteiger partial charge in [0.1, 0.15) is 0 Å². The number of hydrogen-bond donors (Lipinski definition) is 3. The van der Waals surface area contributed by atoms with E-state index < -0.39 is 0 Å². The molecule has 1 aliphatic rings. The van der Waals surface area contributed by atoms with Crippen LogP contribution in [0.4, 0.5) is 5.69 Å². The van der Waals surface area contributed by atoms with E-state index in [4.69, 9.17) is 5.73 Å². The van der Waals surface area contributed by atoms with Gasteiger partial charge in [0.15, 0.2) is 0 Å². The van der Waals surface area contributed by atoms with Gasteiger partial charge in [-0.3, -0.25) is 9.59 Å². The monoisotopic (exact) mass is 311 g/mol. The molecule has 0 saturated heterocycles. The predicted octanol–water partition coefficient (Wildman–Crippen LogP) is 1.92. The fourth-order valence-electron chi connectivity index (χ4n) is 2.28. The summed E-state index contributed by atoms with van der Waals surface area (Å²) < 4.78 is 0.